The Morgan fingerprint density at radius 3 is 2.62 bits per heavy atom. The Morgan fingerprint density at radius 2 is 2.00 bits per heavy atom. The van der Waals surface area contributed by atoms with E-state index < -0.39 is 16.8 Å². The lowest BCUT2D eigenvalue weighted by molar-refractivity contribution is -0.385. The molecular weight excluding hydrogens is 313 g/mol. The van der Waals surface area contributed by atoms with Gasteiger partial charge in [0.15, 0.2) is 0 Å². The second kappa shape index (κ2) is 6.59. The van der Waals surface area contributed by atoms with Crippen LogP contribution in [-0.2, 0) is 6.42 Å². The maximum atomic E-state index is 13.2. The van der Waals surface area contributed by atoms with Crippen molar-refractivity contribution in [2.75, 3.05) is 0 Å². The van der Waals surface area contributed by atoms with E-state index in [-0.39, 0.29) is 17.7 Å². The predicted octanol–water partition coefficient (Wildman–Crippen LogP) is 3.20. The number of rotatable bonds is 5. The molecule has 0 spiro atoms. The topological polar surface area (TPSA) is 81.2 Å². The standard InChI is InChI=1S/C17H14FN3O3/c18-14-5-2-13(16(11-14)21(23)24)10-17(22)12-3-6-15(7-4-12)20-9-1-8-19-20/h1-9,11,17,22H,10H2. The van der Waals surface area contributed by atoms with Gasteiger partial charge in [0.25, 0.3) is 5.69 Å². The Balaban J connectivity index is 1.80. The minimum Gasteiger partial charge on any atom is -0.388 e. The Kier molecular flexibility index (Phi) is 4.35. The van der Waals surface area contributed by atoms with E-state index in [1.807, 2.05) is 0 Å². The fraction of sp³-hybridized carbons (Fsp3) is 0.118. The van der Waals surface area contributed by atoms with Crippen molar-refractivity contribution in [1.29, 1.82) is 0 Å². The van der Waals surface area contributed by atoms with Crippen molar-refractivity contribution in [3.05, 3.63) is 88.0 Å². The molecule has 3 rings (SSSR count). The molecule has 1 N–H and O–H groups in total. The lowest BCUT2D eigenvalue weighted by Crippen LogP contribution is -2.05. The van der Waals surface area contributed by atoms with Crippen molar-refractivity contribution in [2.24, 2.45) is 0 Å². The summed E-state index contributed by atoms with van der Waals surface area (Å²) in [6, 6.07) is 12.2. The summed E-state index contributed by atoms with van der Waals surface area (Å²) < 4.78 is 14.9. The highest BCUT2D eigenvalue weighted by atomic mass is 19.1. The van der Waals surface area contributed by atoms with Crippen LogP contribution >= 0.6 is 0 Å². The van der Waals surface area contributed by atoms with E-state index in [9.17, 15) is 19.6 Å². The Labute approximate surface area is 136 Å². The minimum atomic E-state index is -0.930. The smallest absolute Gasteiger partial charge is 0.275 e. The zero-order valence-electron chi connectivity index (χ0n) is 12.5. The summed E-state index contributed by atoms with van der Waals surface area (Å²) in [7, 11) is 0. The first kappa shape index (κ1) is 15.8. The quantitative estimate of drug-likeness (QED) is 0.576. The molecule has 0 saturated heterocycles. The highest BCUT2D eigenvalue weighted by molar-refractivity contribution is 5.42. The predicted molar refractivity (Wildman–Crippen MR) is 85.3 cm³/mol. The highest BCUT2D eigenvalue weighted by Crippen LogP contribution is 2.26. The van der Waals surface area contributed by atoms with E-state index in [4.69, 9.17) is 0 Å². The third-order valence-corrected chi connectivity index (χ3v) is 3.70. The van der Waals surface area contributed by atoms with Gasteiger partial charge in [-0.05, 0) is 35.9 Å². The molecule has 0 aliphatic heterocycles. The molecule has 0 amide bonds. The minimum absolute atomic E-state index is 0.0255. The van der Waals surface area contributed by atoms with Crippen LogP contribution in [0.2, 0.25) is 0 Å². The molecule has 1 unspecified atom stereocenters. The molecule has 6 nitrogen and oxygen atoms in total. The van der Waals surface area contributed by atoms with Gasteiger partial charge in [-0.1, -0.05) is 12.1 Å². The zero-order chi connectivity index (χ0) is 17.1. The first-order valence-electron chi connectivity index (χ1n) is 7.25. The number of nitro groups is 1. The molecule has 7 heteroatoms. The summed E-state index contributed by atoms with van der Waals surface area (Å²) in [6.07, 6.45) is 2.56. The fourth-order valence-electron chi connectivity index (χ4n) is 2.48. The highest BCUT2D eigenvalue weighted by Gasteiger charge is 2.18. The Morgan fingerprint density at radius 1 is 1.25 bits per heavy atom. The van der Waals surface area contributed by atoms with Gasteiger partial charge in [-0.25, -0.2) is 9.07 Å². The second-order valence-electron chi connectivity index (χ2n) is 5.29. The average molecular weight is 327 g/mol. The van der Waals surface area contributed by atoms with E-state index in [2.05, 4.69) is 5.10 Å². The van der Waals surface area contributed by atoms with Gasteiger partial charge >= 0.3 is 0 Å². The molecule has 0 bridgehead atoms. The Bertz CT molecular complexity index is 848. The van der Waals surface area contributed by atoms with Crippen molar-refractivity contribution in [1.82, 2.24) is 9.78 Å². The van der Waals surface area contributed by atoms with Crippen LogP contribution in [0.25, 0.3) is 5.69 Å². The van der Waals surface area contributed by atoms with E-state index in [1.165, 1.54) is 6.07 Å². The van der Waals surface area contributed by atoms with Crippen molar-refractivity contribution in [2.45, 2.75) is 12.5 Å². The summed E-state index contributed by atoms with van der Waals surface area (Å²) >= 11 is 0. The van der Waals surface area contributed by atoms with E-state index in [1.54, 1.807) is 47.4 Å². The summed E-state index contributed by atoms with van der Waals surface area (Å²) in [4.78, 5) is 10.4. The number of aliphatic hydroxyl groups is 1. The van der Waals surface area contributed by atoms with Gasteiger partial charge in [-0.2, -0.15) is 5.10 Å². The third kappa shape index (κ3) is 3.31. The van der Waals surface area contributed by atoms with Crippen LogP contribution in [0.1, 0.15) is 17.2 Å². The molecule has 24 heavy (non-hydrogen) atoms. The fourth-order valence-corrected chi connectivity index (χ4v) is 2.48. The van der Waals surface area contributed by atoms with Gasteiger partial charge in [0.2, 0.25) is 0 Å². The molecule has 2 aromatic carbocycles. The SMILES string of the molecule is O=[N+]([O-])c1cc(F)ccc1CC(O)c1ccc(-n2cccn2)cc1. The van der Waals surface area contributed by atoms with E-state index in [0.29, 0.717) is 5.56 Å². The third-order valence-electron chi connectivity index (χ3n) is 3.70. The van der Waals surface area contributed by atoms with E-state index >= 15 is 0 Å². The molecule has 0 saturated carbocycles. The number of hydrogen-bond acceptors (Lipinski definition) is 4. The summed E-state index contributed by atoms with van der Waals surface area (Å²) in [5, 5.41) is 25.5. The zero-order valence-corrected chi connectivity index (χ0v) is 12.5. The molecule has 0 fully saturated rings. The summed E-state index contributed by atoms with van der Waals surface area (Å²) in [5.41, 5.74) is 1.40. The molecule has 0 radical (unpaired) electrons. The molecular formula is C17H14FN3O3. The molecule has 1 atom stereocenters. The lowest BCUT2D eigenvalue weighted by Gasteiger charge is -2.12. The summed E-state index contributed by atoms with van der Waals surface area (Å²) in [5.74, 6) is -0.677. The monoisotopic (exact) mass is 327 g/mol. The van der Waals surface area contributed by atoms with Gasteiger partial charge in [0, 0.05) is 24.4 Å². The van der Waals surface area contributed by atoms with Gasteiger partial charge in [0.1, 0.15) is 5.82 Å². The number of nitrogens with zero attached hydrogens (tertiary/aromatic N) is 3. The number of nitro benzene ring substituents is 1. The van der Waals surface area contributed by atoms with Crippen LogP contribution in [0.5, 0.6) is 0 Å². The Hall–Kier alpha value is -3.06. The van der Waals surface area contributed by atoms with Crippen molar-refractivity contribution < 1.29 is 14.4 Å². The van der Waals surface area contributed by atoms with Crippen molar-refractivity contribution in [3.63, 3.8) is 0 Å². The molecule has 0 aliphatic rings. The first-order valence-corrected chi connectivity index (χ1v) is 7.25. The maximum absolute atomic E-state index is 13.2. The lowest BCUT2D eigenvalue weighted by atomic mass is 10.00. The largest absolute Gasteiger partial charge is 0.388 e. The number of hydrogen-bond donors (Lipinski definition) is 1. The van der Waals surface area contributed by atoms with Gasteiger partial charge in [0.05, 0.1) is 22.8 Å². The number of benzene rings is 2. The van der Waals surface area contributed by atoms with Crippen molar-refractivity contribution in [3.8, 4) is 5.69 Å². The maximum Gasteiger partial charge on any atom is 0.275 e. The van der Waals surface area contributed by atoms with Gasteiger partial charge in [-0.3, -0.25) is 10.1 Å². The number of aromatic nitrogens is 2. The first-order chi connectivity index (χ1) is 11.5. The van der Waals surface area contributed by atoms with Crippen LogP contribution in [-0.4, -0.2) is 19.8 Å². The van der Waals surface area contributed by atoms with Crippen LogP contribution in [0, 0.1) is 15.9 Å². The van der Waals surface area contributed by atoms with Gasteiger partial charge < -0.3 is 5.11 Å². The van der Waals surface area contributed by atoms with Crippen LogP contribution in [0.4, 0.5) is 10.1 Å². The second-order valence-corrected chi connectivity index (χ2v) is 5.29. The van der Waals surface area contributed by atoms with Crippen LogP contribution in [0.3, 0.4) is 0 Å². The molecule has 1 aromatic heterocycles. The van der Waals surface area contributed by atoms with Crippen LogP contribution in [0.15, 0.2) is 60.9 Å². The average Bonchev–Trinajstić information content (AvgIpc) is 3.11. The van der Waals surface area contributed by atoms with Gasteiger partial charge in [-0.15, -0.1) is 0 Å². The molecule has 122 valence electrons. The molecule has 3 aromatic rings. The van der Waals surface area contributed by atoms with Crippen LogP contribution < -0.4 is 0 Å². The number of aliphatic hydroxyl groups excluding tert-OH is 1. The van der Waals surface area contributed by atoms with Crippen molar-refractivity contribution >= 4 is 5.69 Å². The molecule has 0 aliphatic carbocycles. The summed E-state index contributed by atoms with van der Waals surface area (Å²) in [6.45, 7) is 0. The van der Waals surface area contributed by atoms with E-state index in [0.717, 1.165) is 17.8 Å². The number of halogens is 1. The normalized spacial score (nSPS) is 12.1. The molecule has 1 heterocycles.